The third-order valence-electron chi connectivity index (χ3n) is 2.08. The predicted molar refractivity (Wildman–Crippen MR) is 55.5 cm³/mol. The number of nitrogens with zero attached hydrogens (tertiary/aromatic N) is 2. The minimum absolute atomic E-state index is 0.106. The minimum atomic E-state index is -1.16. The molecule has 0 fully saturated rings. The molecular formula is C10H9N3O3. The molecule has 1 N–H and O–H groups in total. The molecule has 0 aliphatic rings. The van der Waals surface area contributed by atoms with E-state index in [1.807, 2.05) is 0 Å². The number of hydrogen-bond donors (Lipinski definition) is 1. The van der Waals surface area contributed by atoms with Crippen molar-refractivity contribution in [2.24, 2.45) is 0 Å². The number of carbonyl (C=O) groups excluding carboxylic acids is 1. The van der Waals surface area contributed by atoms with Crippen LogP contribution in [0, 0.1) is 21.4 Å². The van der Waals surface area contributed by atoms with Crippen molar-refractivity contribution >= 4 is 11.6 Å². The van der Waals surface area contributed by atoms with Crippen LogP contribution in [0.4, 0.5) is 5.69 Å². The van der Waals surface area contributed by atoms with Gasteiger partial charge in [0.1, 0.15) is 0 Å². The standard InChI is InChI=1S/C10H9N3O3/c1-12-10(14)8(6-11)7-4-2-3-5-9(7)13(15)16/h2-5,8H,1H3,(H,12,14). The molecule has 1 atom stereocenters. The van der Waals surface area contributed by atoms with Crippen molar-refractivity contribution in [3.63, 3.8) is 0 Å². The summed E-state index contributed by atoms with van der Waals surface area (Å²) in [7, 11) is 1.38. The number of nitro benzene ring substituents is 1. The number of hydrogen-bond acceptors (Lipinski definition) is 4. The fraction of sp³-hybridized carbons (Fsp3) is 0.200. The summed E-state index contributed by atoms with van der Waals surface area (Å²) >= 11 is 0. The highest BCUT2D eigenvalue weighted by atomic mass is 16.6. The number of nitro groups is 1. The monoisotopic (exact) mass is 219 g/mol. The van der Waals surface area contributed by atoms with Crippen LogP contribution in [0.15, 0.2) is 24.3 Å². The molecule has 0 bridgehead atoms. The third kappa shape index (κ3) is 2.15. The average Bonchev–Trinajstić information content (AvgIpc) is 2.30. The Morgan fingerprint density at radius 1 is 1.56 bits per heavy atom. The molecule has 0 saturated heterocycles. The number of carbonyl (C=O) groups is 1. The van der Waals surface area contributed by atoms with Gasteiger partial charge in [0.2, 0.25) is 5.91 Å². The second-order valence-electron chi connectivity index (χ2n) is 2.99. The van der Waals surface area contributed by atoms with E-state index in [9.17, 15) is 14.9 Å². The second kappa shape index (κ2) is 4.89. The van der Waals surface area contributed by atoms with Crippen LogP contribution in [0.25, 0.3) is 0 Å². The molecule has 0 aromatic heterocycles. The Kier molecular flexibility index (Phi) is 3.56. The number of benzene rings is 1. The molecule has 16 heavy (non-hydrogen) atoms. The molecule has 6 heteroatoms. The Hall–Kier alpha value is -2.42. The minimum Gasteiger partial charge on any atom is -0.358 e. The predicted octanol–water partition coefficient (Wildman–Crippen LogP) is 0.948. The Labute approximate surface area is 91.6 Å². The second-order valence-corrected chi connectivity index (χ2v) is 2.99. The first-order valence-electron chi connectivity index (χ1n) is 4.46. The first-order valence-corrected chi connectivity index (χ1v) is 4.46. The molecule has 1 aromatic rings. The zero-order valence-electron chi connectivity index (χ0n) is 8.51. The van der Waals surface area contributed by atoms with Gasteiger partial charge in [0.25, 0.3) is 5.69 Å². The molecule has 1 rings (SSSR count). The first-order chi connectivity index (χ1) is 7.61. The quantitative estimate of drug-likeness (QED) is 0.604. The molecule has 0 heterocycles. The van der Waals surface area contributed by atoms with Gasteiger partial charge >= 0.3 is 0 Å². The molecule has 1 unspecified atom stereocenters. The lowest BCUT2D eigenvalue weighted by Crippen LogP contribution is -2.25. The van der Waals surface area contributed by atoms with E-state index in [2.05, 4.69) is 5.32 Å². The van der Waals surface area contributed by atoms with Gasteiger partial charge in [-0.05, 0) is 0 Å². The van der Waals surface area contributed by atoms with Gasteiger partial charge in [-0.1, -0.05) is 18.2 Å². The van der Waals surface area contributed by atoms with Crippen molar-refractivity contribution in [2.45, 2.75) is 5.92 Å². The summed E-state index contributed by atoms with van der Waals surface area (Å²) in [6, 6.07) is 7.46. The number of amides is 1. The number of rotatable bonds is 3. The van der Waals surface area contributed by atoms with E-state index in [0.717, 1.165) is 0 Å². The topological polar surface area (TPSA) is 96.0 Å². The van der Waals surface area contributed by atoms with E-state index in [1.165, 1.54) is 25.2 Å². The van der Waals surface area contributed by atoms with Crippen LogP contribution in [0.3, 0.4) is 0 Å². The lowest BCUT2D eigenvalue weighted by Gasteiger charge is -2.07. The van der Waals surface area contributed by atoms with E-state index in [-0.39, 0.29) is 11.3 Å². The highest BCUT2D eigenvalue weighted by Crippen LogP contribution is 2.25. The van der Waals surface area contributed by atoms with Gasteiger partial charge < -0.3 is 5.32 Å². The number of nitrogens with one attached hydrogen (secondary N) is 1. The van der Waals surface area contributed by atoms with Crippen molar-refractivity contribution in [3.8, 4) is 6.07 Å². The summed E-state index contributed by atoms with van der Waals surface area (Å²) < 4.78 is 0. The van der Waals surface area contributed by atoms with Crippen molar-refractivity contribution in [3.05, 3.63) is 39.9 Å². The van der Waals surface area contributed by atoms with Gasteiger partial charge in [-0.15, -0.1) is 0 Å². The van der Waals surface area contributed by atoms with Gasteiger partial charge in [0.15, 0.2) is 5.92 Å². The maximum absolute atomic E-state index is 11.4. The molecule has 0 aliphatic heterocycles. The van der Waals surface area contributed by atoms with E-state index in [1.54, 1.807) is 12.1 Å². The highest BCUT2D eigenvalue weighted by Gasteiger charge is 2.26. The van der Waals surface area contributed by atoms with Crippen molar-refractivity contribution in [1.82, 2.24) is 5.32 Å². The van der Waals surface area contributed by atoms with Crippen LogP contribution in [0.2, 0.25) is 0 Å². The van der Waals surface area contributed by atoms with Crippen molar-refractivity contribution < 1.29 is 9.72 Å². The summed E-state index contributed by atoms with van der Waals surface area (Å²) in [4.78, 5) is 21.5. The van der Waals surface area contributed by atoms with Gasteiger partial charge in [0, 0.05) is 13.1 Å². The molecule has 6 nitrogen and oxygen atoms in total. The summed E-state index contributed by atoms with van der Waals surface area (Å²) in [5.74, 6) is -1.72. The Morgan fingerprint density at radius 3 is 2.69 bits per heavy atom. The van der Waals surface area contributed by atoms with E-state index >= 15 is 0 Å². The average molecular weight is 219 g/mol. The maximum atomic E-state index is 11.4. The van der Waals surface area contributed by atoms with Crippen molar-refractivity contribution in [2.75, 3.05) is 7.05 Å². The highest BCUT2D eigenvalue weighted by molar-refractivity contribution is 5.87. The Morgan fingerprint density at radius 2 is 2.19 bits per heavy atom. The molecule has 1 amide bonds. The van der Waals surface area contributed by atoms with Crippen LogP contribution in [-0.2, 0) is 4.79 Å². The van der Waals surface area contributed by atoms with Crippen LogP contribution in [0.5, 0.6) is 0 Å². The number of likely N-dealkylation sites (N-methyl/N-ethyl adjacent to an activating group) is 1. The Bertz CT molecular complexity index is 465. The molecule has 82 valence electrons. The molecule has 0 saturated carbocycles. The lowest BCUT2D eigenvalue weighted by atomic mass is 9.98. The van der Waals surface area contributed by atoms with Gasteiger partial charge in [-0.3, -0.25) is 14.9 Å². The van der Waals surface area contributed by atoms with Crippen LogP contribution in [-0.4, -0.2) is 17.9 Å². The Balaban J connectivity index is 3.26. The molecule has 1 aromatic carbocycles. The molecule has 0 spiro atoms. The summed E-state index contributed by atoms with van der Waals surface area (Å²) in [5.41, 5.74) is -0.119. The molecule has 0 aliphatic carbocycles. The van der Waals surface area contributed by atoms with Crippen LogP contribution < -0.4 is 5.32 Å². The maximum Gasteiger partial charge on any atom is 0.274 e. The third-order valence-corrected chi connectivity index (χ3v) is 2.08. The number of para-hydroxylation sites is 1. The fourth-order valence-corrected chi connectivity index (χ4v) is 1.31. The lowest BCUT2D eigenvalue weighted by molar-refractivity contribution is -0.385. The van der Waals surface area contributed by atoms with Gasteiger partial charge in [0.05, 0.1) is 16.6 Å². The van der Waals surface area contributed by atoms with Gasteiger partial charge in [-0.25, -0.2) is 0 Å². The normalized spacial score (nSPS) is 11.2. The summed E-state index contributed by atoms with van der Waals surface area (Å²) in [5, 5.41) is 21.9. The van der Waals surface area contributed by atoms with Gasteiger partial charge in [-0.2, -0.15) is 5.26 Å². The zero-order valence-corrected chi connectivity index (χ0v) is 8.51. The summed E-state index contributed by atoms with van der Waals surface area (Å²) in [6.45, 7) is 0. The first kappa shape index (κ1) is 11.7. The largest absolute Gasteiger partial charge is 0.358 e. The van der Waals surface area contributed by atoms with Crippen molar-refractivity contribution in [1.29, 1.82) is 5.26 Å². The van der Waals surface area contributed by atoms with Crippen LogP contribution >= 0.6 is 0 Å². The molecule has 0 radical (unpaired) electrons. The summed E-state index contributed by atoms with van der Waals surface area (Å²) in [6.07, 6.45) is 0. The van der Waals surface area contributed by atoms with E-state index < -0.39 is 16.7 Å². The fourth-order valence-electron chi connectivity index (χ4n) is 1.31. The van der Waals surface area contributed by atoms with E-state index in [4.69, 9.17) is 5.26 Å². The smallest absolute Gasteiger partial charge is 0.274 e. The molecular weight excluding hydrogens is 210 g/mol. The number of nitriles is 1. The zero-order chi connectivity index (χ0) is 12.1. The van der Waals surface area contributed by atoms with E-state index in [0.29, 0.717) is 0 Å². The SMILES string of the molecule is CNC(=O)C(C#N)c1ccccc1[N+](=O)[O-]. The van der Waals surface area contributed by atoms with Crippen LogP contribution in [0.1, 0.15) is 11.5 Å².